The molecule has 0 radical (unpaired) electrons. The molecule has 0 fully saturated rings. The smallest absolute Gasteiger partial charge is 0.255 e. The summed E-state index contributed by atoms with van der Waals surface area (Å²) in [6.07, 6.45) is 0.496. The molecule has 1 heterocycles. The van der Waals surface area contributed by atoms with Crippen molar-refractivity contribution in [1.29, 1.82) is 5.26 Å². The highest BCUT2D eigenvalue weighted by atomic mass is 19.1. The van der Waals surface area contributed by atoms with Gasteiger partial charge in [0, 0.05) is 38.3 Å². The highest BCUT2D eigenvalue weighted by Gasteiger charge is 2.20. The van der Waals surface area contributed by atoms with Crippen molar-refractivity contribution in [1.82, 2.24) is 15.6 Å². The predicted octanol–water partition coefficient (Wildman–Crippen LogP) is 1.79. The van der Waals surface area contributed by atoms with E-state index < -0.39 is 11.8 Å². The second-order valence-electron chi connectivity index (χ2n) is 8.28. The number of hydrogen-bond acceptors (Lipinski definition) is 7. The van der Waals surface area contributed by atoms with Crippen molar-refractivity contribution in [2.45, 2.75) is 6.42 Å². The molecule has 1 aromatic heterocycles. The molecule has 2 amide bonds. The van der Waals surface area contributed by atoms with Crippen LogP contribution in [0.2, 0.25) is 0 Å². The van der Waals surface area contributed by atoms with Crippen LogP contribution in [0.4, 0.5) is 10.2 Å². The van der Waals surface area contributed by atoms with E-state index in [2.05, 4.69) is 27.0 Å². The van der Waals surface area contributed by atoms with Gasteiger partial charge in [-0.15, -0.1) is 0 Å². The minimum Gasteiger partial charge on any atom is -0.369 e. The number of pyridine rings is 1. The number of anilines is 1. The Bertz CT molecular complexity index is 1280. The largest absolute Gasteiger partial charge is 0.369 e. The third-order valence-corrected chi connectivity index (χ3v) is 5.67. The maximum absolute atomic E-state index is 13.5. The number of nitrogens with one attached hydrogen (secondary N) is 3. The van der Waals surface area contributed by atoms with Crippen LogP contribution in [0, 0.1) is 23.1 Å². The summed E-state index contributed by atoms with van der Waals surface area (Å²) in [5.74, 6) is -1.37. The molecule has 0 aliphatic carbocycles. The molecular weight excluding hydrogens is 473 g/mol. The minimum atomic E-state index is -0.616. The lowest BCUT2D eigenvalue weighted by Gasteiger charge is -2.17. The van der Waals surface area contributed by atoms with E-state index >= 15 is 0 Å². The number of carbonyl (C=O) groups is 2. The Balaban J connectivity index is 1.82. The first-order valence-electron chi connectivity index (χ1n) is 11.9. The number of nitrogens with two attached hydrogens (primary N) is 2. The van der Waals surface area contributed by atoms with Gasteiger partial charge >= 0.3 is 0 Å². The molecule has 2 aromatic carbocycles. The molecule has 9 nitrogen and oxygen atoms in total. The number of hydrogen-bond donors (Lipinski definition) is 5. The molecule has 1 atom stereocenters. The van der Waals surface area contributed by atoms with Gasteiger partial charge in [-0.3, -0.25) is 9.59 Å². The van der Waals surface area contributed by atoms with Gasteiger partial charge in [0.05, 0.1) is 28.8 Å². The molecule has 0 bridgehead atoms. The number of amides is 2. The number of benzene rings is 2. The number of nitrogens with zero attached hydrogens (tertiary/aromatic N) is 2. The Kier molecular flexibility index (Phi) is 10.1. The Morgan fingerprint density at radius 3 is 2.57 bits per heavy atom. The van der Waals surface area contributed by atoms with Crippen LogP contribution < -0.4 is 27.4 Å². The quantitative estimate of drug-likeness (QED) is 0.252. The molecular formula is C27H30FN7O2. The standard InChI is InChI=1S/C27H30FN7O2/c28-21-6-3-4-18(14-21)10-12-32-25-23(27(37)34-17-20(16-31)26(36)33-13-11-29)8-9-24(35-25)22-7-2-1-5-19(22)15-30/h1-9,14,20H,10-13,16-17,29,31H2,(H,32,35)(H,33,36)(H,34,37). The fourth-order valence-electron chi connectivity index (χ4n) is 3.68. The number of aromatic nitrogens is 1. The highest BCUT2D eigenvalue weighted by Crippen LogP contribution is 2.25. The second-order valence-corrected chi connectivity index (χ2v) is 8.28. The fraction of sp³-hybridized carbons (Fsp3) is 0.259. The maximum Gasteiger partial charge on any atom is 0.255 e. The van der Waals surface area contributed by atoms with Crippen LogP contribution in [0.25, 0.3) is 11.3 Å². The van der Waals surface area contributed by atoms with Gasteiger partial charge in [-0.1, -0.05) is 30.3 Å². The molecule has 1 unspecified atom stereocenters. The monoisotopic (exact) mass is 503 g/mol. The van der Waals surface area contributed by atoms with Crippen molar-refractivity contribution in [3.05, 3.63) is 83.2 Å². The molecule has 3 aromatic rings. The van der Waals surface area contributed by atoms with Gasteiger partial charge in [0.25, 0.3) is 5.91 Å². The highest BCUT2D eigenvalue weighted by molar-refractivity contribution is 5.99. The van der Waals surface area contributed by atoms with Gasteiger partial charge in [0.1, 0.15) is 11.6 Å². The van der Waals surface area contributed by atoms with Crippen molar-refractivity contribution < 1.29 is 14.0 Å². The summed E-state index contributed by atoms with van der Waals surface area (Å²) in [5.41, 5.74) is 13.8. The van der Waals surface area contributed by atoms with Crippen molar-refractivity contribution in [3.63, 3.8) is 0 Å². The van der Waals surface area contributed by atoms with E-state index in [1.165, 1.54) is 12.1 Å². The average Bonchev–Trinajstić information content (AvgIpc) is 2.92. The van der Waals surface area contributed by atoms with Crippen molar-refractivity contribution in [3.8, 4) is 17.3 Å². The zero-order chi connectivity index (χ0) is 26.6. The predicted molar refractivity (Wildman–Crippen MR) is 140 cm³/mol. The first-order valence-corrected chi connectivity index (χ1v) is 11.9. The van der Waals surface area contributed by atoms with Gasteiger partial charge in [-0.2, -0.15) is 5.26 Å². The third-order valence-electron chi connectivity index (χ3n) is 5.67. The lowest BCUT2D eigenvalue weighted by atomic mass is 10.0. The second kappa shape index (κ2) is 13.7. The SMILES string of the molecule is N#Cc1ccccc1-c1ccc(C(=O)NCC(CN)C(=O)NCCN)c(NCCc2cccc(F)c2)n1. The number of nitriles is 1. The van der Waals surface area contributed by atoms with E-state index in [1.54, 1.807) is 42.5 Å². The zero-order valence-corrected chi connectivity index (χ0v) is 20.3. The van der Waals surface area contributed by atoms with E-state index in [1.807, 2.05) is 6.07 Å². The van der Waals surface area contributed by atoms with Crippen molar-refractivity contribution in [2.75, 3.05) is 38.0 Å². The van der Waals surface area contributed by atoms with Gasteiger partial charge in [0.15, 0.2) is 0 Å². The van der Waals surface area contributed by atoms with Gasteiger partial charge in [-0.05, 0) is 42.3 Å². The summed E-state index contributed by atoms with van der Waals surface area (Å²) in [6.45, 7) is 1.09. The molecule has 3 rings (SSSR count). The van der Waals surface area contributed by atoms with E-state index in [9.17, 15) is 19.2 Å². The fourth-order valence-corrected chi connectivity index (χ4v) is 3.68. The van der Waals surface area contributed by atoms with E-state index in [0.717, 1.165) is 5.56 Å². The number of halogens is 1. The third kappa shape index (κ3) is 7.57. The summed E-state index contributed by atoms with van der Waals surface area (Å²) in [7, 11) is 0. The van der Waals surface area contributed by atoms with Crippen LogP contribution in [0.5, 0.6) is 0 Å². The molecule has 0 spiro atoms. The maximum atomic E-state index is 13.5. The van der Waals surface area contributed by atoms with Crippen LogP contribution in [0.1, 0.15) is 21.5 Å². The molecule has 37 heavy (non-hydrogen) atoms. The van der Waals surface area contributed by atoms with Gasteiger partial charge < -0.3 is 27.4 Å². The lowest BCUT2D eigenvalue weighted by Crippen LogP contribution is -2.43. The van der Waals surface area contributed by atoms with Crippen molar-refractivity contribution in [2.24, 2.45) is 17.4 Å². The molecule has 7 N–H and O–H groups in total. The molecule has 0 saturated heterocycles. The van der Waals surface area contributed by atoms with E-state index in [-0.39, 0.29) is 30.4 Å². The van der Waals surface area contributed by atoms with E-state index in [4.69, 9.17) is 11.5 Å². The first-order chi connectivity index (χ1) is 18.0. The van der Waals surface area contributed by atoms with Crippen molar-refractivity contribution >= 4 is 17.6 Å². The molecule has 0 aliphatic heterocycles. The van der Waals surface area contributed by atoms with Crippen LogP contribution in [0.15, 0.2) is 60.7 Å². The number of rotatable bonds is 12. The minimum absolute atomic E-state index is 0.0352. The van der Waals surface area contributed by atoms with Crippen LogP contribution in [-0.4, -0.2) is 49.5 Å². The normalized spacial score (nSPS) is 11.3. The Morgan fingerprint density at radius 1 is 1.03 bits per heavy atom. The van der Waals surface area contributed by atoms with E-state index in [0.29, 0.717) is 48.7 Å². The van der Waals surface area contributed by atoms with Gasteiger partial charge in [-0.25, -0.2) is 9.37 Å². The van der Waals surface area contributed by atoms with Gasteiger partial charge in [0.2, 0.25) is 5.91 Å². The first kappa shape index (κ1) is 27.3. The number of carbonyl (C=O) groups excluding carboxylic acids is 2. The van der Waals surface area contributed by atoms with Crippen LogP contribution in [0.3, 0.4) is 0 Å². The van der Waals surface area contributed by atoms with Crippen LogP contribution >= 0.6 is 0 Å². The summed E-state index contributed by atoms with van der Waals surface area (Å²) in [5, 5.41) is 18.1. The average molecular weight is 504 g/mol. The lowest BCUT2D eigenvalue weighted by molar-refractivity contribution is -0.124. The Hall–Kier alpha value is -4.33. The Labute approximate surface area is 215 Å². The molecule has 192 valence electrons. The zero-order valence-electron chi connectivity index (χ0n) is 20.3. The summed E-state index contributed by atoms with van der Waals surface area (Å²) in [4.78, 5) is 30.0. The Morgan fingerprint density at radius 2 is 1.84 bits per heavy atom. The molecule has 10 heteroatoms. The molecule has 0 aliphatic rings. The molecule has 0 saturated carbocycles. The summed E-state index contributed by atoms with van der Waals surface area (Å²) >= 11 is 0. The topological polar surface area (TPSA) is 159 Å². The summed E-state index contributed by atoms with van der Waals surface area (Å²) < 4.78 is 13.5. The summed E-state index contributed by atoms with van der Waals surface area (Å²) in [6, 6.07) is 18.7. The van der Waals surface area contributed by atoms with Crippen LogP contribution in [-0.2, 0) is 11.2 Å².